The molecule has 1 aromatic carbocycles. The summed E-state index contributed by atoms with van der Waals surface area (Å²) in [7, 11) is 0. The molecule has 0 unspecified atom stereocenters. The van der Waals surface area contributed by atoms with Crippen molar-refractivity contribution >= 4 is 23.8 Å². The van der Waals surface area contributed by atoms with Crippen molar-refractivity contribution in [1.29, 1.82) is 0 Å². The lowest BCUT2D eigenvalue weighted by atomic mass is 9.55. The summed E-state index contributed by atoms with van der Waals surface area (Å²) in [5, 5.41) is 17.0. The molecule has 190 valence electrons. The van der Waals surface area contributed by atoms with Gasteiger partial charge in [0.2, 0.25) is 0 Å². The van der Waals surface area contributed by atoms with Crippen molar-refractivity contribution in [1.82, 2.24) is 10.6 Å². The summed E-state index contributed by atoms with van der Waals surface area (Å²) in [5.74, 6) is 3.39. The number of aliphatic hydroxyl groups excluding tert-OH is 1. The molecule has 0 radical (unpaired) electrons. The first kappa shape index (κ1) is 23.7. The lowest BCUT2D eigenvalue weighted by molar-refractivity contribution is -0.134. The number of fused-ring (bicyclic) bond motifs is 6. The summed E-state index contributed by atoms with van der Waals surface area (Å²) < 4.78 is 5.73. The average molecular weight is 499 g/mol. The smallest absolute Gasteiger partial charge is 0.315 e. The number of rotatable bonds is 6. The highest BCUT2D eigenvalue weighted by Gasteiger charge is 2.54. The fourth-order valence-corrected chi connectivity index (χ4v) is 9.58. The molecule has 0 spiro atoms. The first-order chi connectivity index (χ1) is 16.9. The molecule has 5 aliphatic rings. The highest BCUT2D eigenvalue weighted by Crippen LogP contribution is 2.60. The van der Waals surface area contributed by atoms with Crippen LogP contribution in [0.15, 0.2) is 18.2 Å². The number of esters is 1. The minimum atomic E-state index is -0.153. The Bertz CT molecular complexity index is 1000. The van der Waals surface area contributed by atoms with Crippen LogP contribution in [0.25, 0.3) is 0 Å². The van der Waals surface area contributed by atoms with Crippen molar-refractivity contribution in [2.75, 3.05) is 5.75 Å². The van der Waals surface area contributed by atoms with E-state index in [4.69, 9.17) is 4.74 Å². The number of urea groups is 1. The monoisotopic (exact) mass is 498 g/mol. The molecule has 6 nitrogen and oxygen atoms in total. The van der Waals surface area contributed by atoms with Gasteiger partial charge in [-0.25, -0.2) is 4.79 Å². The average Bonchev–Trinajstić information content (AvgIpc) is 3.49. The molecule has 0 aromatic heterocycles. The van der Waals surface area contributed by atoms with E-state index >= 15 is 0 Å². The van der Waals surface area contributed by atoms with E-state index in [-0.39, 0.29) is 35.6 Å². The molecule has 8 atom stereocenters. The van der Waals surface area contributed by atoms with Gasteiger partial charge in [0, 0.05) is 17.4 Å². The number of nitrogens with one attached hydrogen (secondary N) is 2. The largest absolute Gasteiger partial charge is 0.427 e. The maximum absolute atomic E-state index is 12.5. The molecular formula is C28H38N2O4S. The molecule has 35 heavy (non-hydrogen) atoms. The van der Waals surface area contributed by atoms with Gasteiger partial charge in [-0.2, -0.15) is 11.8 Å². The quantitative estimate of drug-likeness (QED) is 0.232. The number of amides is 2. The summed E-state index contributed by atoms with van der Waals surface area (Å²) in [5.41, 5.74) is 2.90. The third kappa shape index (κ3) is 4.26. The molecule has 6 rings (SSSR count). The van der Waals surface area contributed by atoms with Gasteiger partial charge < -0.3 is 20.5 Å². The fourth-order valence-electron chi connectivity index (χ4n) is 8.03. The molecule has 2 aliphatic heterocycles. The highest BCUT2D eigenvalue weighted by molar-refractivity contribution is 8.00. The molecule has 2 saturated heterocycles. The number of aryl methyl sites for hydroxylation is 1. The third-order valence-corrected chi connectivity index (χ3v) is 11.4. The Balaban J connectivity index is 1.00. The standard InChI is InChI=1S/C28H38N2O4S/c1-28-13-12-19-18-9-7-17(14-16(18)6-8-20(19)21(28)10-11-24(28)31)34-25(32)5-3-2-4-23-26-22(15-35-23)29-27(33)30-26/h7,9,14,19-24,26,31H,2-6,8,10-13,15H2,1H3,(H2,29,30,33)/t19-,20-,21+,22+,23+,24+,26+,28+/m1/s1. The van der Waals surface area contributed by atoms with Gasteiger partial charge >= 0.3 is 12.0 Å². The van der Waals surface area contributed by atoms with E-state index in [1.54, 1.807) is 0 Å². The molecule has 4 fully saturated rings. The van der Waals surface area contributed by atoms with Gasteiger partial charge in [0.1, 0.15) is 5.75 Å². The van der Waals surface area contributed by atoms with Gasteiger partial charge in [0.15, 0.2) is 0 Å². The van der Waals surface area contributed by atoms with E-state index in [1.165, 1.54) is 17.5 Å². The summed E-state index contributed by atoms with van der Waals surface area (Å²) >= 11 is 1.92. The lowest BCUT2D eigenvalue weighted by Gasteiger charge is -2.50. The second-order valence-electron chi connectivity index (χ2n) is 11.8. The predicted octanol–water partition coefficient (Wildman–Crippen LogP) is 4.53. The summed E-state index contributed by atoms with van der Waals surface area (Å²) in [6, 6.07) is 6.73. The number of aliphatic hydroxyl groups is 1. The van der Waals surface area contributed by atoms with Crippen LogP contribution in [-0.4, -0.2) is 46.3 Å². The van der Waals surface area contributed by atoms with Crippen molar-refractivity contribution in [2.24, 2.45) is 17.3 Å². The van der Waals surface area contributed by atoms with Crippen LogP contribution in [-0.2, 0) is 11.2 Å². The molecule has 3 N–H and O–H groups in total. The van der Waals surface area contributed by atoms with Crippen LogP contribution in [0.3, 0.4) is 0 Å². The lowest BCUT2D eigenvalue weighted by Crippen LogP contribution is -2.43. The Morgan fingerprint density at radius 1 is 1.20 bits per heavy atom. The summed E-state index contributed by atoms with van der Waals surface area (Å²) in [6.45, 7) is 2.32. The van der Waals surface area contributed by atoms with Crippen LogP contribution in [0, 0.1) is 17.3 Å². The Morgan fingerprint density at radius 2 is 2.09 bits per heavy atom. The highest BCUT2D eigenvalue weighted by atomic mass is 32.2. The van der Waals surface area contributed by atoms with E-state index in [0.717, 1.165) is 57.1 Å². The van der Waals surface area contributed by atoms with Crippen molar-refractivity contribution in [2.45, 2.75) is 100 Å². The minimum Gasteiger partial charge on any atom is -0.427 e. The Labute approximate surface area is 212 Å². The first-order valence-corrected chi connectivity index (χ1v) is 14.7. The number of hydrogen-bond donors (Lipinski definition) is 3. The molecule has 1 aromatic rings. The van der Waals surface area contributed by atoms with Crippen molar-refractivity contribution in [3.63, 3.8) is 0 Å². The van der Waals surface area contributed by atoms with Crippen LogP contribution in [0.2, 0.25) is 0 Å². The van der Waals surface area contributed by atoms with E-state index in [0.29, 0.717) is 35.2 Å². The minimum absolute atomic E-state index is 0.0475. The number of hydrogen-bond acceptors (Lipinski definition) is 5. The second kappa shape index (κ2) is 9.29. The number of ether oxygens (including phenoxy) is 1. The Kier molecular flexibility index (Phi) is 6.28. The molecule has 2 heterocycles. The van der Waals surface area contributed by atoms with Gasteiger partial charge in [-0.1, -0.05) is 19.4 Å². The topological polar surface area (TPSA) is 87.7 Å². The van der Waals surface area contributed by atoms with Crippen LogP contribution >= 0.6 is 11.8 Å². The first-order valence-electron chi connectivity index (χ1n) is 13.6. The Hall–Kier alpha value is -1.73. The van der Waals surface area contributed by atoms with E-state index < -0.39 is 0 Å². The molecule has 2 saturated carbocycles. The van der Waals surface area contributed by atoms with Gasteiger partial charge in [-0.15, -0.1) is 0 Å². The van der Waals surface area contributed by atoms with Crippen LogP contribution in [0.4, 0.5) is 4.79 Å². The van der Waals surface area contributed by atoms with E-state index in [1.807, 2.05) is 17.8 Å². The van der Waals surface area contributed by atoms with Gasteiger partial charge in [-0.05, 0) is 97.8 Å². The maximum atomic E-state index is 12.5. The molecule has 3 aliphatic carbocycles. The van der Waals surface area contributed by atoms with Gasteiger partial charge in [0.25, 0.3) is 0 Å². The number of unbranched alkanes of at least 4 members (excludes halogenated alkanes) is 1. The normalized spacial score (nSPS) is 39.1. The predicted molar refractivity (Wildman–Crippen MR) is 137 cm³/mol. The molecule has 2 amide bonds. The number of thioether (sulfide) groups is 1. The molecular weight excluding hydrogens is 460 g/mol. The number of carbonyl (C=O) groups is 2. The SMILES string of the molecule is C[C@]12CC[C@@H]3c4ccc(OC(=O)CCCC[C@@H]5SC[C@@H]6NC(=O)N[C@@H]65)cc4CC[C@H]3[C@@H]1CC[C@@H]2O. The van der Waals surface area contributed by atoms with Gasteiger partial charge in [-0.3, -0.25) is 4.79 Å². The second-order valence-corrected chi connectivity index (χ2v) is 13.0. The van der Waals surface area contributed by atoms with Crippen LogP contribution in [0.1, 0.15) is 81.8 Å². The van der Waals surface area contributed by atoms with E-state index in [2.05, 4.69) is 29.7 Å². The zero-order valence-electron chi connectivity index (χ0n) is 20.6. The van der Waals surface area contributed by atoms with Crippen LogP contribution < -0.4 is 15.4 Å². The summed E-state index contributed by atoms with van der Waals surface area (Å²) in [4.78, 5) is 24.0. The Morgan fingerprint density at radius 3 is 2.97 bits per heavy atom. The van der Waals surface area contributed by atoms with Crippen molar-refractivity contribution in [3.8, 4) is 5.75 Å². The fraction of sp³-hybridized carbons (Fsp3) is 0.714. The zero-order valence-corrected chi connectivity index (χ0v) is 21.4. The van der Waals surface area contributed by atoms with Gasteiger partial charge in [0.05, 0.1) is 18.2 Å². The van der Waals surface area contributed by atoms with Crippen molar-refractivity contribution in [3.05, 3.63) is 29.3 Å². The maximum Gasteiger partial charge on any atom is 0.315 e. The third-order valence-electron chi connectivity index (χ3n) is 9.94. The summed E-state index contributed by atoms with van der Waals surface area (Å²) in [6.07, 6.45) is 9.70. The van der Waals surface area contributed by atoms with Crippen LogP contribution in [0.5, 0.6) is 5.75 Å². The van der Waals surface area contributed by atoms with E-state index in [9.17, 15) is 14.7 Å². The zero-order chi connectivity index (χ0) is 24.2. The molecule has 7 heteroatoms. The molecule has 0 bridgehead atoms. The van der Waals surface area contributed by atoms with Crippen molar-refractivity contribution < 1.29 is 19.4 Å². The number of carbonyl (C=O) groups excluding carboxylic acids is 2. The number of benzene rings is 1.